The predicted molar refractivity (Wildman–Crippen MR) is 69.2 cm³/mol. The van der Waals surface area contributed by atoms with Gasteiger partial charge in [0.1, 0.15) is 11.6 Å². The molecule has 0 radical (unpaired) electrons. The molecule has 0 unspecified atom stereocenters. The lowest BCUT2D eigenvalue weighted by molar-refractivity contribution is 0.673. The van der Waals surface area contributed by atoms with Gasteiger partial charge in [0, 0.05) is 31.1 Å². The SMILES string of the molecule is CNc1cc(C2CCCC2)nc(CC2CC2)n1. The quantitative estimate of drug-likeness (QED) is 0.865. The molecule has 2 aliphatic carbocycles. The van der Waals surface area contributed by atoms with E-state index in [0.29, 0.717) is 5.92 Å². The van der Waals surface area contributed by atoms with Crippen molar-refractivity contribution >= 4 is 5.82 Å². The highest BCUT2D eigenvalue weighted by molar-refractivity contribution is 5.36. The third-order valence-electron chi connectivity index (χ3n) is 3.99. The van der Waals surface area contributed by atoms with Gasteiger partial charge in [-0.3, -0.25) is 0 Å². The van der Waals surface area contributed by atoms with E-state index in [1.807, 2.05) is 7.05 Å². The highest BCUT2D eigenvalue weighted by atomic mass is 15.0. The van der Waals surface area contributed by atoms with Crippen LogP contribution in [0.25, 0.3) is 0 Å². The Hall–Kier alpha value is -1.12. The van der Waals surface area contributed by atoms with Crippen molar-refractivity contribution in [1.82, 2.24) is 9.97 Å². The molecule has 2 fully saturated rings. The summed E-state index contributed by atoms with van der Waals surface area (Å²) in [5.74, 6) is 3.60. The van der Waals surface area contributed by atoms with Crippen molar-refractivity contribution in [2.45, 2.75) is 50.9 Å². The highest BCUT2D eigenvalue weighted by Gasteiger charge is 2.25. The van der Waals surface area contributed by atoms with Crippen LogP contribution in [0.15, 0.2) is 6.07 Å². The van der Waals surface area contributed by atoms with Gasteiger partial charge in [-0.15, -0.1) is 0 Å². The van der Waals surface area contributed by atoms with Crippen LogP contribution in [0.2, 0.25) is 0 Å². The zero-order valence-corrected chi connectivity index (χ0v) is 10.6. The number of aromatic nitrogens is 2. The van der Waals surface area contributed by atoms with Crippen LogP contribution in [0.4, 0.5) is 5.82 Å². The monoisotopic (exact) mass is 231 g/mol. The summed E-state index contributed by atoms with van der Waals surface area (Å²) in [6.07, 6.45) is 9.15. The molecule has 0 saturated heterocycles. The molecule has 0 spiro atoms. The second kappa shape index (κ2) is 4.63. The molecule has 0 aliphatic heterocycles. The number of nitrogens with zero attached hydrogens (tertiary/aromatic N) is 2. The Morgan fingerprint density at radius 1 is 1.18 bits per heavy atom. The third kappa shape index (κ3) is 2.59. The molecule has 3 rings (SSSR count). The van der Waals surface area contributed by atoms with Crippen LogP contribution < -0.4 is 5.32 Å². The lowest BCUT2D eigenvalue weighted by Gasteiger charge is -2.12. The number of anilines is 1. The molecular weight excluding hydrogens is 210 g/mol. The Bertz CT molecular complexity index is 392. The number of rotatable bonds is 4. The fourth-order valence-electron chi connectivity index (χ4n) is 2.75. The molecular formula is C14H21N3. The van der Waals surface area contributed by atoms with Crippen LogP contribution in [0.5, 0.6) is 0 Å². The Morgan fingerprint density at radius 3 is 2.59 bits per heavy atom. The molecule has 3 heteroatoms. The van der Waals surface area contributed by atoms with E-state index in [0.717, 1.165) is 24.0 Å². The number of hydrogen-bond donors (Lipinski definition) is 1. The van der Waals surface area contributed by atoms with Gasteiger partial charge in [-0.25, -0.2) is 9.97 Å². The predicted octanol–water partition coefficient (Wildman–Crippen LogP) is 3.13. The average molecular weight is 231 g/mol. The summed E-state index contributed by atoms with van der Waals surface area (Å²) in [5.41, 5.74) is 1.28. The minimum atomic E-state index is 0.683. The van der Waals surface area contributed by atoms with E-state index in [4.69, 9.17) is 4.98 Å². The standard InChI is InChI=1S/C14H21N3/c1-15-13-9-12(11-4-2-3-5-11)16-14(17-13)8-10-6-7-10/h9-11H,2-8H2,1H3,(H,15,16,17). The maximum atomic E-state index is 4.79. The molecule has 1 heterocycles. The molecule has 1 aromatic rings. The second-order valence-electron chi connectivity index (χ2n) is 5.47. The largest absolute Gasteiger partial charge is 0.373 e. The topological polar surface area (TPSA) is 37.8 Å². The van der Waals surface area contributed by atoms with Crippen LogP contribution in [-0.2, 0) is 6.42 Å². The van der Waals surface area contributed by atoms with Gasteiger partial charge in [-0.05, 0) is 31.6 Å². The lowest BCUT2D eigenvalue weighted by Crippen LogP contribution is -2.06. The Balaban J connectivity index is 1.84. The van der Waals surface area contributed by atoms with Gasteiger partial charge >= 0.3 is 0 Å². The molecule has 0 amide bonds. The summed E-state index contributed by atoms with van der Waals surface area (Å²) in [6.45, 7) is 0. The van der Waals surface area contributed by atoms with Crippen LogP contribution in [0, 0.1) is 5.92 Å². The van der Waals surface area contributed by atoms with Crippen LogP contribution in [0.1, 0.15) is 56.0 Å². The van der Waals surface area contributed by atoms with E-state index in [-0.39, 0.29) is 0 Å². The molecule has 17 heavy (non-hydrogen) atoms. The Kier molecular flexibility index (Phi) is 3.00. The molecule has 2 saturated carbocycles. The van der Waals surface area contributed by atoms with Gasteiger partial charge < -0.3 is 5.32 Å². The summed E-state index contributed by atoms with van der Waals surface area (Å²) in [6, 6.07) is 2.15. The molecule has 3 nitrogen and oxygen atoms in total. The lowest BCUT2D eigenvalue weighted by atomic mass is 10.0. The Morgan fingerprint density at radius 2 is 1.94 bits per heavy atom. The summed E-state index contributed by atoms with van der Waals surface area (Å²) >= 11 is 0. The van der Waals surface area contributed by atoms with Gasteiger partial charge in [0.15, 0.2) is 0 Å². The van der Waals surface area contributed by atoms with E-state index in [1.54, 1.807) is 0 Å². The number of nitrogens with one attached hydrogen (secondary N) is 1. The third-order valence-corrected chi connectivity index (χ3v) is 3.99. The van der Waals surface area contributed by atoms with Gasteiger partial charge in [0.05, 0.1) is 0 Å². The molecule has 1 aromatic heterocycles. The van der Waals surface area contributed by atoms with E-state index < -0.39 is 0 Å². The maximum absolute atomic E-state index is 4.79. The van der Waals surface area contributed by atoms with Crippen molar-refractivity contribution < 1.29 is 0 Å². The van der Waals surface area contributed by atoms with E-state index in [2.05, 4.69) is 16.4 Å². The van der Waals surface area contributed by atoms with Crippen LogP contribution >= 0.6 is 0 Å². The molecule has 92 valence electrons. The molecule has 2 aliphatic rings. The normalized spacial score (nSPS) is 20.8. The number of hydrogen-bond acceptors (Lipinski definition) is 3. The van der Waals surface area contributed by atoms with Gasteiger partial charge in [-0.1, -0.05) is 12.8 Å². The van der Waals surface area contributed by atoms with Crippen molar-refractivity contribution in [2.24, 2.45) is 5.92 Å². The van der Waals surface area contributed by atoms with Crippen molar-refractivity contribution in [3.8, 4) is 0 Å². The van der Waals surface area contributed by atoms with E-state index in [1.165, 1.54) is 44.2 Å². The molecule has 1 N–H and O–H groups in total. The second-order valence-corrected chi connectivity index (χ2v) is 5.47. The summed E-state index contributed by atoms with van der Waals surface area (Å²) in [4.78, 5) is 9.37. The van der Waals surface area contributed by atoms with E-state index >= 15 is 0 Å². The minimum absolute atomic E-state index is 0.683. The molecule has 0 bridgehead atoms. The van der Waals surface area contributed by atoms with Gasteiger partial charge in [0.25, 0.3) is 0 Å². The van der Waals surface area contributed by atoms with Crippen LogP contribution in [-0.4, -0.2) is 17.0 Å². The smallest absolute Gasteiger partial charge is 0.131 e. The van der Waals surface area contributed by atoms with Crippen molar-refractivity contribution in [2.75, 3.05) is 12.4 Å². The molecule has 0 atom stereocenters. The summed E-state index contributed by atoms with van der Waals surface area (Å²) in [5, 5.41) is 3.17. The zero-order valence-electron chi connectivity index (χ0n) is 10.6. The minimum Gasteiger partial charge on any atom is -0.373 e. The first-order valence-electron chi connectivity index (χ1n) is 6.91. The Labute approximate surface area is 103 Å². The summed E-state index contributed by atoms with van der Waals surface area (Å²) in [7, 11) is 1.95. The maximum Gasteiger partial charge on any atom is 0.131 e. The van der Waals surface area contributed by atoms with Crippen LogP contribution in [0.3, 0.4) is 0 Å². The first-order chi connectivity index (χ1) is 8.35. The first-order valence-corrected chi connectivity index (χ1v) is 6.91. The first kappa shape index (κ1) is 11.0. The fourth-order valence-corrected chi connectivity index (χ4v) is 2.75. The average Bonchev–Trinajstić information content (AvgIpc) is 2.99. The zero-order chi connectivity index (χ0) is 11.7. The summed E-state index contributed by atoms with van der Waals surface area (Å²) < 4.78 is 0. The van der Waals surface area contributed by atoms with E-state index in [9.17, 15) is 0 Å². The van der Waals surface area contributed by atoms with Crippen molar-refractivity contribution in [3.63, 3.8) is 0 Å². The molecule has 0 aromatic carbocycles. The van der Waals surface area contributed by atoms with Crippen molar-refractivity contribution in [3.05, 3.63) is 17.6 Å². The fraction of sp³-hybridized carbons (Fsp3) is 0.714. The van der Waals surface area contributed by atoms with Crippen molar-refractivity contribution in [1.29, 1.82) is 0 Å². The highest BCUT2D eigenvalue weighted by Crippen LogP contribution is 2.35. The van der Waals surface area contributed by atoms with Gasteiger partial charge in [-0.2, -0.15) is 0 Å². The van der Waals surface area contributed by atoms with Gasteiger partial charge in [0.2, 0.25) is 0 Å².